The fraction of sp³-hybridized carbons (Fsp3) is 0.526. The minimum absolute atomic E-state index is 0.244. The molecule has 2 heterocycles. The van der Waals surface area contributed by atoms with E-state index in [-0.39, 0.29) is 5.91 Å². The van der Waals surface area contributed by atoms with Crippen LogP contribution in [0.5, 0.6) is 0 Å². The summed E-state index contributed by atoms with van der Waals surface area (Å²) in [7, 11) is 0. The van der Waals surface area contributed by atoms with E-state index in [1.54, 1.807) is 0 Å². The van der Waals surface area contributed by atoms with Gasteiger partial charge in [-0.1, -0.05) is 36.3 Å². The number of aryl methyl sites for hydroxylation is 3. The summed E-state index contributed by atoms with van der Waals surface area (Å²) in [6, 6.07) is 8.95. The molecule has 0 bridgehead atoms. The van der Waals surface area contributed by atoms with Crippen molar-refractivity contribution in [1.29, 1.82) is 0 Å². The first-order chi connectivity index (χ1) is 12.2. The Morgan fingerprint density at radius 1 is 1.16 bits per heavy atom. The first kappa shape index (κ1) is 17.5. The van der Waals surface area contributed by atoms with Gasteiger partial charge in [-0.05, 0) is 30.9 Å². The van der Waals surface area contributed by atoms with E-state index in [2.05, 4.69) is 46.3 Å². The Balaban J connectivity index is 1.43. The van der Waals surface area contributed by atoms with E-state index >= 15 is 0 Å². The molecular weight excluding hydrogens is 316 g/mol. The van der Waals surface area contributed by atoms with Gasteiger partial charge in [-0.25, -0.2) is 0 Å². The van der Waals surface area contributed by atoms with Crippen molar-refractivity contribution in [3.8, 4) is 0 Å². The van der Waals surface area contributed by atoms with Crippen molar-refractivity contribution in [3.63, 3.8) is 0 Å². The number of carbonyl (C=O) groups is 1. The number of amides is 1. The van der Waals surface area contributed by atoms with Gasteiger partial charge in [0.2, 0.25) is 11.8 Å². The average molecular weight is 342 g/mol. The zero-order valence-electron chi connectivity index (χ0n) is 15.1. The van der Waals surface area contributed by atoms with Gasteiger partial charge in [0.25, 0.3) is 0 Å². The van der Waals surface area contributed by atoms with E-state index in [1.165, 1.54) is 11.1 Å². The highest BCUT2D eigenvalue weighted by Gasteiger charge is 2.23. The van der Waals surface area contributed by atoms with Crippen LogP contribution < -0.4 is 4.90 Å². The third kappa shape index (κ3) is 4.38. The molecule has 134 valence electrons. The molecular formula is C19H26N4O2. The standard InChI is InChI=1S/C19H26N4O2/c1-3-17-20-21-19(25-17)23-13-11-22(12-14-23)18(24)10-6-9-16-8-5-4-7-15(16)2/h4-5,7-8H,3,6,9-14H2,1-2H3. The first-order valence-electron chi connectivity index (χ1n) is 9.07. The monoisotopic (exact) mass is 342 g/mol. The maximum Gasteiger partial charge on any atom is 0.318 e. The van der Waals surface area contributed by atoms with Crippen LogP contribution in [-0.4, -0.2) is 47.2 Å². The SMILES string of the molecule is CCc1nnc(N2CCN(C(=O)CCCc3ccccc3C)CC2)o1. The number of piperazine rings is 1. The number of hydrogen-bond acceptors (Lipinski definition) is 5. The molecule has 1 aromatic heterocycles. The van der Waals surface area contributed by atoms with E-state index in [1.807, 2.05) is 11.8 Å². The lowest BCUT2D eigenvalue weighted by atomic mass is 10.0. The number of benzene rings is 1. The van der Waals surface area contributed by atoms with Gasteiger partial charge >= 0.3 is 6.01 Å². The smallest absolute Gasteiger partial charge is 0.318 e. The van der Waals surface area contributed by atoms with Crippen LogP contribution in [-0.2, 0) is 17.6 Å². The van der Waals surface area contributed by atoms with Gasteiger partial charge in [-0.15, -0.1) is 5.10 Å². The Morgan fingerprint density at radius 2 is 1.92 bits per heavy atom. The molecule has 1 saturated heterocycles. The molecule has 1 amide bonds. The molecule has 0 N–H and O–H groups in total. The van der Waals surface area contributed by atoms with E-state index in [0.29, 0.717) is 31.4 Å². The Labute approximate surface area is 148 Å². The minimum Gasteiger partial charge on any atom is -0.408 e. The van der Waals surface area contributed by atoms with Crippen molar-refractivity contribution in [2.45, 2.75) is 39.5 Å². The molecule has 0 aliphatic carbocycles. The van der Waals surface area contributed by atoms with Crippen molar-refractivity contribution in [2.24, 2.45) is 0 Å². The Hall–Kier alpha value is -2.37. The molecule has 2 aromatic rings. The van der Waals surface area contributed by atoms with E-state index in [4.69, 9.17) is 4.42 Å². The lowest BCUT2D eigenvalue weighted by molar-refractivity contribution is -0.131. The third-order valence-electron chi connectivity index (χ3n) is 4.76. The van der Waals surface area contributed by atoms with Crippen LogP contribution >= 0.6 is 0 Å². The molecule has 1 fully saturated rings. The zero-order chi connectivity index (χ0) is 17.6. The number of carbonyl (C=O) groups excluding carboxylic acids is 1. The normalized spacial score (nSPS) is 14.8. The fourth-order valence-electron chi connectivity index (χ4n) is 3.14. The van der Waals surface area contributed by atoms with Gasteiger partial charge in [0.15, 0.2) is 0 Å². The lowest BCUT2D eigenvalue weighted by Crippen LogP contribution is -2.48. The van der Waals surface area contributed by atoms with E-state index in [9.17, 15) is 4.79 Å². The predicted molar refractivity (Wildman–Crippen MR) is 96.6 cm³/mol. The molecule has 1 aromatic carbocycles. The second-order valence-corrected chi connectivity index (χ2v) is 6.48. The molecule has 1 aliphatic heterocycles. The average Bonchev–Trinajstić information content (AvgIpc) is 3.12. The highest BCUT2D eigenvalue weighted by molar-refractivity contribution is 5.76. The summed E-state index contributed by atoms with van der Waals surface area (Å²) >= 11 is 0. The van der Waals surface area contributed by atoms with Gasteiger partial charge in [-0.3, -0.25) is 4.79 Å². The molecule has 0 atom stereocenters. The first-order valence-corrected chi connectivity index (χ1v) is 9.07. The summed E-state index contributed by atoms with van der Waals surface area (Å²) in [6.45, 7) is 7.03. The Kier molecular flexibility index (Phi) is 5.68. The van der Waals surface area contributed by atoms with Crippen LogP contribution in [0, 0.1) is 6.92 Å². The van der Waals surface area contributed by atoms with Gasteiger partial charge in [0, 0.05) is 39.0 Å². The molecule has 0 spiro atoms. The molecule has 3 rings (SSSR count). The van der Waals surface area contributed by atoms with Crippen LogP contribution in [0.1, 0.15) is 36.8 Å². The van der Waals surface area contributed by atoms with Gasteiger partial charge in [0.1, 0.15) is 0 Å². The maximum atomic E-state index is 12.4. The Bertz CT molecular complexity index is 705. The summed E-state index contributed by atoms with van der Waals surface area (Å²) in [5.41, 5.74) is 2.64. The summed E-state index contributed by atoms with van der Waals surface area (Å²) in [6.07, 6.45) is 3.20. The molecule has 0 saturated carbocycles. The summed E-state index contributed by atoms with van der Waals surface area (Å²) in [5.74, 6) is 0.901. The highest BCUT2D eigenvalue weighted by atomic mass is 16.4. The number of rotatable bonds is 6. The highest BCUT2D eigenvalue weighted by Crippen LogP contribution is 2.16. The number of hydrogen-bond donors (Lipinski definition) is 0. The summed E-state index contributed by atoms with van der Waals surface area (Å²) in [4.78, 5) is 16.4. The predicted octanol–water partition coefficient (Wildman–Crippen LogP) is 2.61. The van der Waals surface area contributed by atoms with Crippen molar-refractivity contribution < 1.29 is 9.21 Å². The van der Waals surface area contributed by atoms with Crippen LogP contribution in [0.4, 0.5) is 6.01 Å². The number of anilines is 1. The topological polar surface area (TPSA) is 62.5 Å². The zero-order valence-corrected chi connectivity index (χ0v) is 15.1. The third-order valence-corrected chi connectivity index (χ3v) is 4.76. The minimum atomic E-state index is 0.244. The van der Waals surface area contributed by atoms with Crippen LogP contribution in [0.2, 0.25) is 0 Å². The fourth-order valence-corrected chi connectivity index (χ4v) is 3.14. The van der Waals surface area contributed by atoms with Crippen LogP contribution in [0.25, 0.3) is 0 Å². The molecule has 0 unspecified atom stereocenters. The number of aromatic nitrogens is 2. The van der Waals surface area contributed by atoms with Crippen LogP contribution in [0.3, 0.4) is 0 Å². The van der Waals surface area contributed by atoms with Crippen molar-refractivity contribution in [3.05, 3.63) is 41.3 Å². The van der Waals surface area contributed by atoms with Crippen molar-refractivity contribution in [2.75, 3.05) is 31.1 Å². The lowest BCUT2D eigenvalue weighted by Gasteiger charge is -2.33. The van der Waals surface area contributed by atoms with Crippen molar-refractivity contribution in [1.82, 2.24) is 15.1 Å². The quantitative estimate of drug-likeness (QED) is 0.807. The van der Waals surface area contributed by atoms with Gasteiger partial charge in [0.05, 0.1) is 0 Å². The molecule has 6 heteroatoms. The van der Waals surface area contributed by atoms with Gasteiger partial charge < -0.3 is 14.2 Å². The van der Waals surface area contributed by atoms with E-state index in [0.717, 1.165) is 32.4 Å². The van der Waals surface area contributed by atoms with Gasteiger partial charge in [-0.2, -0.15) is 0 Å². The maximum absolute atomic E-state index is 12.4. The molecule has 25 heavy (non-hydrogen) atoms. The Morgan fingerprint density at radius 3 is 2.60 bits per heavy atom. The second-order valence-electron chi connectivity index (χ2n) is 6.48. The van der Waals surface area contributed by atoms with Crippen molar-refractivity contribution >= 4 is 11.9 Å². The summed E-state index contributed by atoms with van der Waals surface area (Å²) in [5, 5.41) is 8.08. The molecule has 0 radical (unpaired) electrons. The van der Waals surface area contributed by atoms with E-state index < -0.39 is 0 Å². The van der Waals surface area contributed by atoms with Crippen LogP contribution in [0.15, 0.2) is 28.7 Å². The summed E-state index contributed by atoms with van der Waals surface area (Å²) < 4.78 is 5.59. The number of nitrogens with zero attached hydrogens (tertiary/aromatic N) is 4. The molecule has 6 nitrogen and oxygen atoms in total. The second kappa shape index (κ2) is 8.14. The largest absolute Gasteiger partial charge is 0.408 e. The molecule has 1 aliphatic rings.